The monoisotopic (exact) mass is 234 g/mol. The molecule has 1 aliphatic rings. The van der Waals surface area contributed by atoms with Gasteiger partial charge in [0.2, 0.25) is 5.91 Å². The van der Waals surface area contributed by atoms with E-state index in [0.29, 0.717) is 13.0 Å². The Bertz CT molecular complexity index is 374. The Morgan fingerprint density at radius 2 is 2.41 bits per heavy atom. The summed E-state index contributed by atoms with van der Waals surface area (Å²) in [6.07, 6.45) is 4.80. The van der Waals surface area contributed by atoms with Crippen molar-refractivity contribution in [2.75, 3.05) is 19.8 Å². The third-order valence-corrected chi connectivity index (χ3v) is 2.98. The minimum Gasteiger partial charge on any atom is -0.380 e. The normalized spacial score (nSPS) is 17.2. The molecule has 0 spiro atoms. The minimum atomic E-state index is 0.0991. The van der Waals surface area contributed by atoms with Crippen molar-refractivity contribution in [1.29, 1.82) is 0 Å². The summed E-state index contributed by atoms with van der Waals surface area (Å²) in [6, 6.07) is 3.88. The van der Waals surface area contributed by atoms with E-state index < -0.39 is 0 Å². The number of aromatic nitrogens is 1. The first-order valence-electron chi connectivity index (χ1n) is 5.91. The summed E-state index contributed by atoms with van der Waals surface area (Å²) in [5.41, 5.74) is 1.24. The topological polar surface area (TPSA) is 51.2 Å². The molecule has 1 aliphatic heterocycles. The average Bonchev–Trinajstić information content (AvgIpc) is 2.33. The number of hydrogen-bond donors (Lipinski definition) is 1. The predicted octanol–water partition coefficient (Wildman–Crippen LogP) is 1.17. The van der Waals surface area contributed by atoms with Crippen molar-refractivity contribution >= 4 is 5.91 Å². The van der Waals surface area contributed by atoms with Crippen molar-refractivity contribution in [3.05, 3.63) is 30.1 Å². The van der Waals surface area contributed by atoms with Crippen molar-refractivity contribution in [3.63, 3.8) is 0 Å². The fourth-order valence-corrected chi connectivity index (χ4v) is 1.76. The molecular formula is C13H18N2O2. The second-order valence-electron chi connectivity index (χ2n) is 4.94. The van der Waals surface area contributed by atoms with Gasteiger partial charge in [0.05, 0.1) is 13.2 Å². The van der Waals surface area contributed by atoms with Gasteiger partial charge in [-0.1, -0.05) is 13.0 Å². The maximum Gasteiger partial charge on any atom is 0.220 e. The molecule has 2 heterocycles. The van der Waals surface area contributed by atoms with Crippen molar-refractivity contribution in [1.82, 2.24) is 10.3 Å². The summed E-state index contributed by atoms with van der Waals surface area (Å²) in [6.45, 7) is 4.32. The quantitative estimate of drug-likeness (QED) is 0.832. The lowest BCUT2D eigenvalue weighted by atomic mass is 9.89. The van der Waals surface area contributed by atoms with Crippen LogP contribution in [0.2, 0.25) is 0 Å². The third-order valence-electron chi connectivity index (χ3n) is 2.98. The van der Waals surface area contributed by atoms with Gasteiger partial charge in [0.25, 0.3) is 0 Å². The van der Waals surface area contributed by atoms with Crippen LogP contribution in [-0.4, -0.2) is 30.6 Å². The van der Waals surface area contributed by atoms with Crippen LogP contribution >= 0.6 is 0 Å². The van der Waals surface area contributed by atoms with E-state index in [2.05, 4.69) is 17.2 Å². The molecule has 0 bridgehead atoms. The molecule has 1 amide bonds. The van der Waals surface area contributed by atoms with Crippen LogP contribution in [0.25, 0.3) is 0 Å². The molecule has 0 unspecified atom stereocenters. The Morgan fingerprint density at radius 3 is 3.00 bits per heavy atom. The average molecular weight is 234 g/mol. The van der Waals surface area contributed by atoms with Gasteiger partial charge in [-0.3, -0.25) is 9.78 Å². The van der Waals surface area contributed by atoms with Gasteiger partial charge in [-0.25, -0.2) is 0 Å². The summed E-state index contributed by atoms with van der Waals surface area (Å²) < 4.78 is 5.14. The van der Waals surface area contributed by atoms with Crippen LogP contribution in [-0.2, 0) is 16.0 Å². The summed E-state index contributed by atoms with van der Waals surface area (Å²) in [7, 11) is 0. The number of nitrogens with zero attached hydrogens (tertiary/aromatic N) is 1. The molecule has 1 N–H and O–H groups in total. The van der Waals surface area contributed by atoms with Crippen LogP contribution in [0.1, 0.15) is 18.9 Å². The van der Waals surface area contributed by atoms with E-state index in [1.807, 2.05) is 12.1 Å². The van der Waals surface area contributed by atoms with E-state index in [1.54, 1.807) is 12.4 Å². The zero-order valence-electron chi connectivity index (χ0n) is 10.1. The van der Waals surface area contributed by atoms with Crippen molar-refractivity contribution in [2.45, 2.75) is 19.8 Å². The number of hydrogen-bond acceptors (Lipinski definition) is 3. The molecular weight excluding hydrogens is 216 g/mol. The van der Waals surface area contributed by atoms with E-state index in [-0.39, 0.29) is 11.3 Å². The Hall–Kier alpha value is -1.42. The van der Waals surface area contributed by atoms with Gasteiger partial charge >= 0.3 is 0 Å². The third kappa shape index (κ3) is 3.53. The highest BCUT2D eigenvalue weighted by Gasteiger charge is 2.33. The summed E-state index contributed by atoms with van der Waals surface area (Å²) in [4.78, 5) is 15.7. The van der Waals surface area contributed by atoms with Gasteiger partial charge in [0, 0.05) is 30.8 Å². The van der Waals surface area contributed by atoms with Crippen molar-refractivity contribution < 1.29 is 9.53 Å². The number of nitrogens with one attached hydrogen (secondary N) is 1. The fourth-order valence-electron chi connectivity index (χ4n) is 1.76. The van der Waals surface area contributed by atoms with Gasteiger partial charge in [-0.15, -0.1) is 0 Å². The van der Waals surface area contributed by atoms with Crippen LogP contribution in [0.15, 0.2) is 24.5 Å². The number of aryl methyl sites for hydroxylation is 1. The second-order valence-corrected chi connectivity index (χ2v) is 4.94. The smallest absolute Gasteiger partial charge is 0.220 e. The van der Waals surface area contributed by atoms with E-state index in [0.717, 1.165) is 25.2 Å². The van der Waals surface area contributed by atoms with Crippen LogP contribution in [0.3, 0.4) is 0 Å². The van der Waals surface area contributed by atoms with Crippen LogP contribution in [0.4, 0.5) is 0 Å². The minimum absolute atomic E-state index is 0.0991. The first-order valence-corrected chi connectivity index (χ1v) is 5.91. The lowest BCUT2D eigenvalue weighted by molar-refractivity contribution is -0.126. The molecule has 0 aliphatic carbocycles. The number of ether oxygens (including phenoxy) is 1. The maximum atomic E-state index is 11.6. The zero-order valence-corrected chi connectivity index (χ0v) is 10.1. The molecule has 2 rings (SSSR count). The van der Waals surface area contributed by atoms with E-state index in [1.165, 1.54) is 0 Å². The SMILES string of the molecule is CC1(CNC(=O)CCc2cccnc2)COC1. The number of rotatable bonds is 5. The Balaban J connectivity index is 1.67. The largest absolute Gasteiger partial charge is 0.380 e. The lowest BCUT2D eigenvalue weighted by Gasteiger charge is -2.38. The number of carbonyl (C=O) groups excluding carboxylic acids is 1. The van der Waals surface area contributed by atoms with Crippen molar-refractivity contribution in [2.24, 2.45) is 5.41 Å². The van der Waals surface area contributed by atoms with Crippen molar-refractivity contribution in [3.8, 4) is 0 Å². The Kier molecular flexibility index (Phi) is 3.74. The predicted molar refractivity (Wildman–Crippen MR) is 64.5 cm³/mol. The molecule has 17 heavy (non-hydrogen) atoms. The molecule has 4 heteroatoms. The van der Waals surface area contributed by atoms with Gasteiger partial charge in [-0.05, 0) is 18.1 Å². The lowest BCUT2D eigenvalue weighted by Crippen LogP contribution is -2.48. The molecule has 0 aromatic carbocycles. The zero-order chi connectivity index (χ0) is 12.1. The molecule has 0 radical (unpaired) electrons. The van der Waals surface area contributed by atoms with Gasteiger partial charge in [0.1, 0.15) is 0 Å². The molecule has 0 atom stereocenters. The molecule has 92 valence electrons. The van der Waals surface area contributed by atoms with Gasteiger partial charge in [-0.2, -0.15) is 0 Å². The standard InChI is InChI=1S/C13H18N2O2/c1-13(9-17-10-13)8-15-12(16)5-4-11-3-2-6-14-7-11/h2-3,6-7H,4-5,8-10H2,1H3,(H,15,16). The van der Waals surface area contributed by atoms with Crippen LogP contribution in [0, 0.1) is 5.41 Å². The first kappa shape index (κ1) is 12.0. The Labute approximate surface area is 101 Å². The molecule has 1 aromatic rings. The molecule has 0 saturated carbocycles. The first-order chi connectivity index (χ1) is 8.18. The van der Waals surface area contributed by atoms with E-state index in [4.69, 9.17) is 4.74 Å². The Morgan fingerprint density at radius 1 is 1.59 bits per heavy atom. The molecule has 4 nitrogen and oxygen atoms in total. The van der Waals surface area contributed by atoms with Crippen LogP contribution < -0.4 is 5.32 Å². The highest BCUT2D eigenvalue weighted by atomic mass is 16.5. The highest BCUT2D eigenvalue weighted by molar-refractivity contribution is 5.76. The number of carbonyl (C=O) groups is 1. The fraction of sp³-hybridized carbons (Fsp3) is 0.538. The van der Waals surface area contributed by atoms with E-state index >= 15 is 0 Å². The second kappa shape index (κ2) is 5.27. The highest BCUT2D eigenvalue weighted by Crippen LogP contribution is 2.24. The molecule has 1 fully saturated rings. The molecule has 1 aromatic heterocycles. The summed E-state index contributed by atoms with van der Waals surface area (Å²) in [5, 5.41) is 2.96. The summed E-state index contributed by atoms with van der Waals surface area (Å²) >= 11 is 0. The van der Waals surface area contributed by atoms with Gasteiger partial charge < -0.3 is 10.1 Å². The number of pyridine rings is 1. The molecule has 1 saturated heterocycles. The maximum absolute atomic E-state index is 11.6. The van der Waals surface area contributed by atoms with Gasteiger partial charge in [0.15, 0.2) is 0 Å². The van der Waals surface area contributed by atoms with E-state index in [9.17, 15) is 4.79 Å². The summed E-state index contributed by atoms with van der Waals surface area (Å²) in [5.74, 6) is 0.0991. The van der Waals surface area contributed by atoms with Crippen LogP contribution in [0.5, 0.6) is 0 Å². The number of amides is 1.